The maximum Gasteiger partial charge on any atom is 0.245 e. The number of morpholine rings is 1. The predicted molar refractivity (Wildman–Crippen MR) is 67.8 cm³/mol. The van der Waals surface area contributed by atoms with Crippen molar-refractivity contribution in [3.8, 4) is 0 Å². The fourth-order valence-corrected chi connectivity index (χ4v) is 3.36. The number of isocyanates is 1. The Hall–Kier alpha value is -1.53. The van der Waals surface area contributed by atoms with E-state index in [0.717, 1.165) is 5.56 Å². The molecule has 1 aromatic carbocycles. The molecule has 0 saturated carbocycles. The average molecular weight is 282 g/mol. The first kappa shape index (κ1) is 13.9. The Balaban J connectivity index is 2.36. The van der Waals surface area contributed by atoms with Gasteiger partial charge in [0.1, 0.15) is 0 Å². The fourth-order valence-electron chi connectivity index (χ4n) is 1.86. The number of aryl methyl sites for hydroxylation is 1. The Labute approximate surface area is 111 Å². The lowest BCUT2D eigenvalue weighted by Gasteiger charge is -2.31. The maximum atomic E-state index is 12.5. The second-order valence-electron chi connectivity index (χ2n) is 4.20. The van der Waals surface area contributed by atoms with Crippen molar-refractivity contribution >= 4 is 16.1 Å². The van der Waals surface area contributed by atoms with E-state index >= 15 is 0 Å². The monoisotopic (exact) mass is 282 g/mol. The molecule has 2 rings (SSSR count). The number of ether oxygens (including phenoxy) is 1. The van der Waals surface area contributed by atoms with Gasteiger partial charge >= 0.3 is 0 Å². The van der Waals surface area contributed by atoms with Crippen LogP contribution in [-0.2, 0) is 19.6 Å². The van der Waals surface area contributed by atoms with Gasteiger partial charge in [-0.1, -0.05) is 17.7 Å². The van der Waals surface area contributed by atoms with Crippen molar-refractivity contribution in [2.24, 2.45) is 4.99 Å². The molecule has 1 heterocycles. The lowest BCUT2D eigenvalue weighted by atomic mass is 10.2. The Kier molecular flexibility index (Phi) is 4.11. The summed E-state index contributed by atoms with van der Waals surface area (Å²) < 4.78 is 31.2. The number of nitrogens with zero attached hydrogens (tertiary/aromatic N) is 2. The third-order valence-corrected chi connectivity index (χ3v) is 4.80. The smallest absolute Gasteiger partial charge is 0.245 e. The van der Waals surface area contributed by atoms with Crippen molar-refractivity contribution in [1.29, 1.82) is 0 Å². The van der Waals surface area contributed by atoms with Gasteiger partial charge in [-0.25, -0.2) is 13.2 Å². The third kappa shape index (κ3) is 2.90. The summed E-state index contributed by atoms with van der Waals surface area (Å²) in [5.74, 6) is 0. The van der Waals surface area contributed by atoms with Crippen molar-refractivity contribution in [2.45, 2.75) is 18.0 Å². The van der Waals surface area contributed by atoms with E-state index in [1.165, 1.54) is 10.4 Å². The summed E-state index contributed by atoms with van der Waals surface area (Å²) in [4.78, 5) is 14.0. The molecule has 0 aromatic heterocycles. The van der Waals surface area contributed by atoms with E-state index < -0.39 is 16.2 Å². The Bertz CT molecular complexity index is 591. The molecule has 7 heteroatoms. The number of aliphatic imine (C=N–C) groups is 1. The number of hydrogen-bond acceptors (Lipinski definition) is 5. The van der Waals surface area contributed by atoms with E-state index in [9.17, 15) is 13.2 Å². The van der Waals surface area contributed by atoms with Gasteiger partial charge in [-0.3, -0.25) is 0 Å². The van der Waals surface area contributed by atoms with Crippen molar-refractivity contribution < 1.29 is 17.9 Å². The maximum absolute atomic E-state index is 12.5. The second kappa shape index (κ2) is 5.63. The van der Waals surface area contributed by atoms with Crippen molar-refractivity contribution in [2.75, 3.05) is 19.8 Å². The minimum absolute atomic E-state index is 0.0698. The van der Waals surface area contributed by atoms with E-state index in [0.29, 0.717) is 0 Å². The lowest BCUT2D eigenvalue weighted by molar-refractivity contribution is 0.0359. The zero-order valence-corrected chi connectivity index (χ0v) is 11.3. The summed E-state index contributed by atoms with van der Waals surface area (Å²) >= 11 is 0. The molecule has 1 unspecified atom stereocenters. The van der Waals surface area contributed by atoms with Crippen LogP contribution in [0.3, 0.4) is 0 Å². The molecule has 6 nitrogen and oxygen atoms in total. The zero-order valence-electron chi connectivity index (χ0n) is 10.4. The highest BCUT2D eigenvalue weighted by Gasteiger charge is 2.34. The highest BCUT2D eigenvalue weighted by Crippen LogP contribution is 2.21. The van der Waals surface area contributed by atoms with Gasteiger partial charge in [-0.05, 0) is 19.1 Å². The summed E-state index contributed by atoms with van der Waals surface area (Å²) in [7, 11) is -3.67. The van der Waals surface area contributed by atoms with Crippen LogP contribution >= 0.6 is 0 Å². The molecule has 1 fully saturated rings. The molecule has 1 atom stereocenters. The van der Waals surface area contributed by atoms with E-state index in [2.05, 4.69) is 4.99 Å². The first-order valence-electron chi connectivity index (χ1n) is 5.79. The molecule has 19 heavy (non-hydrogen) atoms. The normalized spacial score (nSPS) is 20.8. The third-order valence-electron chi connectivity index (χ3n) is 2.88. The molecule has 0 spiro atoms. The minimum atomic E-state index is -3.67. The molecule has 0 amide bonds. The average Bonchev–Trinajstić information content (AvgIpc) is 2.40. The summed E-state index contributed by atoms with van der Waals surface area (Å²) in [6, 6.07) is 6.54. The minimum Gasteiger partial charge on any atom is -0.376 e. The van der Waals surface area contributed by atoms with Gasteiger partial charge in [0, 0.05) is 6.54 Å². The first-order chi connectivity index (χ1) is 9.05. The van der Waals surface area contributed by atoms with Gasteiger partial charge in [0.15, 0.2) is 6.17 Å². The van der Waals surface area contributed by atoms with Gasteiger partial charge in [0.25, 0.3) is 0 Å². The fraction of sp³-hybridized carbons (Fsp3) is 0.417. The molecule has 1 saturated heterocycles. The number of carbonyl (C=O) groups excluding carboxylic acids is 1. The van der Waals surface area contributed by atoms with Gasteiger partial charge in [0.05, 0.1) is 18.1 Å². The molecule has 1 aromatic rings. The van der Waals surface area contributed by atoms with Crippen LogP contribution in [0, 0.1) is 6.92 Å². The number of rotatable bonds is 3. The molecular formula is C12H14N2O4S. The van der Waals surface area contributed by atoms with E-state index in [4.69, 9.17) is 4.74 Å². The van der Waals surface area contributed by atoms with Crippen molar-refractivity contribution in [3.05, 3.63) is 29.8 Å². The number of sulfonamides is 1. The molecule has 102 valence electrons. The molecule has 0 bridgehead atoms. The van der Waals surface area contributed by atoms with E-state index in [1.54, 1.807) is 24.3 Å². The van der Waals surface area contributed by atoms with Crippen LogP contribution in [0.4, 0.5) is 0 Å². The van der Waals surface area contributed by atoms with Crippen LogP contribution in [0.1, 0.15) is 5.56 Å². The van der Waals surface area contributed by atoms with Gasteiger partial charge < -0.3 is 4.74 Å². The summed E-state index contributed by atoms with van der Waals surface area (Å²) in [5.41, 5.74) is 0.975. The first-order valence-corrected chi connectivity index (χ1v) is 7.23. The van der Waals surface area contributed by atoms with Crippen molar-refractivity contribution in [1.82, 2.24) is 4.31 Å². The quantitative estimate of drug-likeness (QED) is 0.603. The molecule has 1 aliphatic heterocycles. The zero-order chi connectivity index (χ0) is 13.9. The van der Waals surface area contributed by atoms with Crippen LogP contribution < -0.4 is 0 Å². The molecule has 0 N–H and O–H groups in total. The second-order valence-corrected chi connectivity index (χ2v) is 6.10. The van der Waals surface area contributed by atoms with Gasteiger partial charge in [0.2, 0.25) is 16.1 Å². The number of benzene rings is 1. The van der Waals surface area contributed by atoms with Gasteiger partial charge in [-0.15, -0.1) is 0 Å². The van der Waals surface area contributed by atoms with Crippen molar-refractivity contribution in [3.63, 3.8) is 0 Å². The molecular weight excluding hydrogens is 268 g/mol. The van der Waals surface area contributed by atoms with Crippen LogP contribution in [0.2, 0.25) is 0 Å². The Morgan fingerprint density at radius 2 is 2.05 bits per heavy atom. The van der Waals surface area contributed by atoms with Crippen LogP contribution in [0.15, 0.2) is 34.2 Å². The lowest BCUT2D eigenvalue weighted by Crippen LogP contribution is -2.47. The van der Waals surface area contributed by atoms with Crippen LogP contribution in [0.5, 0.6) is 0 Å². The molecule has 1 aliphatic rings. The van der Waals surface area contributed by atoms with Crippen LogP contribution in [-0.4, -0.2) is 44.7 Å². The molecule has 0 radical (unpaired) electrons. The number of hydrogen-bond donors (Lipinski definition) is 0. The van der Waals surface area contributed by atoms with E-state index in [-0.39, 0.29) is 24.7 Å². The largest absolute Gasteiger partial charge is 0.376 e. The topological polar surface area (TPSA) is 76.0 Å². The molecule has 0 aliphatic carbocycles. The van der Waals surface area contributed by atoms with E-state index in [1.807, 2.05) is 6.92 Å². The SMILES string of the molecule is Cc1ccc(S(=O)(=O)N2CCOCC2N=C=O)cc1. The summed E-state index contributed by atoms with van der Waals surface area (Å²) in [5, 5.41) is 0. The predicted octanol–water partition coefficient (Wildman–Crippen LogP) is 0.678. The summed E-state index contributed by atoms with van der Waals surface area (Å²) in [6.45, 7) is 2.41. The highest BCUT2D eigenvalue weighted by molar-refractivity contribution is 7.89. The van der Waals surface area contributed by atoms with Gasteiger partial charge in [-0.2, -0.15) is 9.30 Å². The Morgan fingerprint density at radius 3 is 2.68 bits per heavy atom. The Morgan fingerprint density at radius 1 is 1.37 bits per heavy atom. The standard InChI is InChI=1S/C12H14N2O4S/c1-10-2-4-11(5-3-10)19(16,17)14-6-7-18-8-12(14)13-9-15/h2-5,12H,6-8H2,1H3. The van der Waals surface area contributed by atoms with Crippen LogP contribution in [0.25, 0.3) is 0 Å². The highest BCUT2D eigenvalue weighted by atomic mass is 32.2. The summed E-state index contributed by atoms with van der Waals surface area (Å²) in [6.07, 6.45) is 0.553.